The number of rotatable bonds is 5. The predicted octanol–water partition coefficient (Wildman–Crippen LogP) is 1.76. The van der Waals surface area contributed by atoms with E-state index in [1.807, 2.05) is 36.7 Å². The quantitative estimate of drug-likeness (QED) is 0.727. The topological polar surface area (TPSA) is 68.8 Å². The van der Waals surface area contributed by atoms with Crippen LogP contribution in [0, 0.1) is 6.92 Å². The molecule has 0 unspecified atom stereocenters. The Kier molecular flexibility index (Phi) is 3.94. The van der Waals surface area contributed by atoms with Gasteiger partial charge in [-0.15, -0.1) is 10.2 Å². The van der Waals surface area contributed by atoms with Crippen molar-refractivity contribution in [3.05, 3.63) is 35.9 Å². The summed E-state index contributed by atoms with van der Waals surface area (Å²) >= 11 is 1.63. The maximum absolute atomic E-state index is 9.12. The molecular weight excluding hydrogens is 286 g/mol. The second-order valence-corrected chi connectivity index (χ2v) is 5.83. The Hall–Kier alpha value is -1.86. The Morgan fingerprint density at radius 1 is 1.24 bits per heavy atom. The van der Waals surface area contributed by atoms with E-state index in [4.69, 9.17) is 5.11 Å². The summed E-state index contributed by atoms with van der Waals surface area (Å²) < 4.78 is 4.04. The molecule has 2 heterocycles. The first-order chi connectivity index (χ1) is 10.2. The highest BCUT2D eigenvalue weighted by atomic mass is 32.2. The van der Waals surface area contributed by atoms with E-state index in [2.05, 4.69) is 25.8 Å². The van der Waals surface area contributed by atoms with Crippen LogP contribution >= 0.6 is 11.8 Å². The summed E-state index contributed by atoms with van der Waals surface area (Å²) in [6, 6.07) is 8.15. The maximum Gasteiger partial charge on any atom is 0.191 e. The van der Waals surface area contributed by atoms with Crippen LogP contribution in [0.1, 0.15) is 11.6 Å². The molecule has 0 aliphatic carbocycles. The molecule has 0 amide bonds. The molecule has 0 fully saturated rings. The van der Waals surface area contributed by atoms with Crippen LogP contribution in [0.15, 0.2) is 29.4 Å². The number of aryl methyl sites for hydroxylation is 2. The lowest BCUT2D eigenvalue weighted by Gasteiger charge is -2.06. The first-order valence-corrected chi connectivity index (χ1v) is 7.73. The third-order valence-electron chi connectivity index (χ3n) is 3.46. The van der Waals surface area contributed by atoms with Crippen LogP contribution in [0.2, 0.25) is 0 Å². The van der Waals surface area contributed by atoms with Crippen LogP contribution in [-0.2, 0) is 20.2 Å². The summed E-state index contributed by atoms with van der Waals surface area (Å²) in [5, 5.41) is 18.0. The lowest BCUT2D eigenvalue weighted by Crippen LogP contribution is -2.04. The van der Waals surface area contributed by atoms with Crippen molar-refractivity contribution in [2.24, 2.45) is 7.05 Å². The van der Waals surface area contributed by atoms with Gasteiger partial charge in [0, 0.05) is 19.3 Å². The Morgan fingerprint density at radius 2 is 2.05 bits per heavy atom. The number of hydrogen-bond donors (Lipinski definition) is 1. The molecule has 6 nitrogen and oxygen atoms in total. The number of imidazole rings is 1. The molecule has 1 N–H and O–H groups in total. The molecular formula is C14H17N5OS. The van der Waals surface area contributed by atoms with Crippen molar-refractivity contribution in [3.63, 3.8) is 0 Å². The van der Waals surface area contributed by atoms with Gasteiger partial charge in [0.05, 0.1) is 11.0 Å². The summed E-state index contributed by atoms with van der Waals surface area (Å²) in [5.74, 6) is 2.48. The molecule has 0 aliphatic heterocycles. The molecule has 0 radical (unpaired) electrons. The first kappa shape index (κ1) is 14.1. The Labute approximate surface area is 126 Å². The molecule has 21 heavy (non-hydrogen) atoms. The van der Waals surface area contributed by atoms with Crippen LogP contribution in [0.5, 0.6) is 0 Å². The van der Waals surface area contributed by atoms with E-state index in [0.717, 1.165) is 34.3 Å². The minimum absolute atomic E-state index is 0.0880. The van der Waals surface area contributed by atoms with Crippen molar-refractivity contribution in [2.45, 2.75) is 25.2 Å². The molecule has 0 saturated carbocycles. The number of aliphatic hydroxyl groups is 1. The zero-order chi connectivity index (χ0) is 14.8. The van der Waals surface area contributed by atoms with Gasteiger partial charge in [-0.2, -0.15) is 0 Å². The summed E-state index contributed by atoms with van der Waals surface area (Å²) in [7, 11) is 1.87. The van der Waals surface area contributed by atoms with E-state index in [1.54, 1.807) is 11.8 Å². The fourth-order valence-corrected chi connectivity index (χ4v) is 3.17. The number of fused-ring (bicyclic) bond motifs is 1. The van der Waals surface area contributed by atoms with Crippen LogP contribution in [-0.4, -0.2) is 35.2 Å². The van der Waals surface area contributed by atoms with Crippen molar-refractivity contribution in [1.82, 2.24) is 24.3 Å². The Balaban J connectivity index is 1.72. The molecule has 0 bridgehead atoms. The molecule has 3 rings (SSSR count). The first-order valence-electron chi connectivity index (χ1n) is 6.74. The summed E-state index contributed by atoms with van der Waals surface area (Å²) in [6.45, 7) is 2.80. The van der Waals surface area contributed by atoms with Gasteiger partial charge in [-0.25, -0.2) is 4.98 Å². The lowest BCUT2D eigenvalue weighted by molar-refractivity contribution is 0.266. The van der Waals surface area contributed by atoms with Crippen LogP contribution < -0.4 is 0 Å². The van der Waals surface area contributed by atoms with Gasteiger partial charge in [0.2, 0.25) is 0 Å². The predicted molar refractivity (Wildman–Crippen MR) is 82.1 cm³/mol. The van der Waals surface area contributed by atoms with Gasteiger partial charge in [0.1, 0.15) is 12.4 Å². The number of aliphatic hydroxyl groups excluding tert-OH is 1. The normalized spacial score (nSPS) is 11.4. The Bertz CT molecular complexity index is 764. The van der Waals surface area contributed by atoms with Gasteiger partial charge in [-0.05, 0) is 19.1 Å². The van der Waals surface area contributed by atoms with E-state index < -0.39 is 0 Å². The number of benzene rings is 1. The molecule has 0 saturated heterocycles. The van der Waals surface area contributed by atoms with E-state index in [9.17, 15) is 0 Å². The largest absolute Gasteiger partial charge is 0.388 e. The van der Waals surface area contributed by atoms with E-state index in [0.29, 0.717) is 5.82 Å². The molecule has 0 atom stereocenters. The average molecular weight is 303 g/mol. The standard InChI is InChI=1S/C14H17N5OS/c1-10-15-11-5-3-4-6-12(11)19(10)7-8-21-14-17-16-13(9-20)18(14)2/h3-6,20H,7-9H2,1-2H3. The highest BCUT2D eigenvalue weighted by molar-refractivity contribution is 7.99. The number of aromatic nitrogens is 5. The highest BCUT2D eigenvalue weighted by Crippen LogP contribution is 2.19. The van der Waals surface area contributed by atoms with Gasteiger partial charge in [-0.3, -0.25) is 0 Å². The zero-order valence-electron chi connectivity index (χ0n) is 12.0. The van der Waals surface area contributed by atoms with Crippen molar-refractivity contribution in [2.75, 3.05) is 5.75 Å². The highest BCUT2D eigenvalue weighted by Gasteiger charge is 2.10. The van der Waals surface area contributed by atoms with Gasteiger partial charge < -0.3 is 14.2 Å². The van der Waals surface area contributed by atoms with Gasteiger partial charge in [-0.1, -0.05) is 23.9 Å². The molecule has 7 heteroatoms. The number of nitrogens with zero attached hydrogens (tertiary/aromatic N) is 5. The smallest absolute Gasteiger partial charge is 0.191 e. The van der Waals surface area contributed by atoms with Gasteiger partial charge >= 0.3 is 0 Å². The number of hydrogen-bond acceptors (Lipinski definition) is 5. The molecule has 1 aromatic carbocycles. The molecule has 2 aromatic heterocycles. The fourth-order valence-electron chi connectivity index (χ4n) is 2.31. The SMILES string of the molecule is Cc1nc2ccccc2n1CCSc1nnc(CO)n1C. The lowest BCUT2D eigenvalue weighted by atomic mass is 10.3. The number of thioether (sulfide) groups is 1. The average Bonchev–Trinajstić information content (AvgIpc) is 3.00. The van der Waals surface area contributed by atoms with Crippen molar-refractivity contribution >= 4 is 22.8 Å². The maximum atomic E-state index is 9.12. The van der Waals surface area contributed by atoms with Gasteiger partial charge in [0.25, 0.3) is 0 Å². The second-order valence-electron chi connectivity index (χ2n) is 4.76. The summed E-state index contributed by atoms with van der Waals surface area (Å²) in [6.07, 6.45) is 0. The van der Waals surface area contributed by atoms with Gasteiger partial charge in [0.15, 0.2) is 11.0 Å². The van der Waals surface area contributed by atoms with Crippen molar-refractivity contribution < 1.29 is 5.11 Å². The van der Waals surface area contributed by atoms with Crippen molar-refractivity contribution in [3.8, 4) is 0 Å². The molecule has 110 valence electrons. The van der Waals surface area contributed by atoms with Crippen LogP contribution in [0.4, 0.5) is 0 Å². The summed E-state index contributed by atoms with van der Waals surface area (Å²) in [4.78, 5) is 4.56. The minimum Gasteiger partial charge on any atom is -0.388 e. The van der Waals surface area contributed by atoms with Crippen LogP contribution in [0.25, 0.3) is 11.0 Å². The van der Waals surface area contributed by atoms with Crippen molar-refractivity contribution in [1.29, 1.82) is 0 Å². The van der Waals surface area contributed by atoms with Crippen LogP contribution in [0.3, 0.4) is 0 Å². The zero-order valence-corrected chi connectivity index (χ0v) is 12.8. The van der Waals surface area contributed by atoms with E-state index in [-0.39, 0.29) is 6.61 Å². The summed E-state index contributed by atoms with van der Waals surface area (Å²) in [5.41, 5.74) is 2.19. The third kappa shape index (κ3) is 2.66. The third-order valence-corrected chi connectivity index (χ3v) is 4.46. The Morgan fingerprint density at radius 3 is 2.81 bits per heavy atom. The van der Waals surface area contributed by atoms with E-state index >= 15 is 0 Å². The van der Waals surface area contributed by atoms with E-state index in [1.165, 1.54) is 0 Å². The fraction of sp³-hybridized carbons (Fsp3) is 0.357. The monoisotopic (exact) mass is 303 g/mol. The minimum atomic E-state index is -0.0880. The molecule has 0 aliphatic rings. The molecule has 3 aromatic rings. The molecule has 0 spiro atoms. The second kappa shape index (κ2) is 5.87. The number of para-hydroxylation sites is 2.